The number of anilines is 1. The Bertz CT molecular complexity index is 717. The number of hydrogen-bond donors (Lipinski definition) is 1. The number of rotatable bonds is 3. The maximum atomic E-state index is 12.0. The van der Waals surface area contributed by atoms with Gasteiger partial charge in [-0.3, -0.25) is 15.1 Å². The fourth-order valence-corrected chi connectivity index (χ4v) is 2.33. The lowest BCUT2D eigenvalue weighted by atomic mass is 10.2. The van der Waals surface area contributed by atoms with Gasteiger partial charge in [0, 0.05) is 17.3 Å². The predicted molar refractivity (Wildman–Crippen MR) is 76.7 cm³/mol. The molecule has 3 aromatic rings. The van der Waals surface area contributed by atoms with E-state index in [1.807, 2.05) is 18.4 Å². The topological polar surface area (TPSA) is 68.0 Å². The van der Waals surface area contributed by atoms with E-state index >= 15 is 0 Å². The molecule has 0 radical (unpaired) electrons. The summed E-state index contributed by atoms with van der Waals surface area (Å²) in [5.74, 6) is 0.455. The molecule has 0 saturated carbocycles. The summed E-state index contributed by atoms with van der Waals surface area (Å²) in [6, 6.07) is 7.15. The zero-order valence-electron chi connectivity index (χ0n) is 10.7. The van der Waals surface area contributed by atoms with Crippen molar-refractivity contribution < 1.29 is 9.21 Å². The molecule has 100 valence electrons. The van der Waals surface area contributed by atoms with Crippen LogP contribution in [0.2, 0.25) is 0 Å². The Morgan fingerprint density at radius 3 is 2.95 bits per heavy atom. The molecular formula is C14H11N3O2S. The van der Waals surface area contributed by atoms with Gasteiger partial charge in [0.15, 0.2) is 10.9 Å². The van der Waals surface area contributed by atoms with Gasteiger partial charge in [0.1, 0.15) is 5.69 Å². The van der Waals surface area contributed by atoms with Crippen LogP contribution in [0.25, 0.3) is 11.5 Å². The maximum absolute atomic E-state index is 12.0. The molecule has 0 fully saturated rings. The van der Waals surface area contributed by atoms with E-state index < -0.39 is 0 Å². The number of carbonyl (C=O) groups is 1. The lowest BCUT2D eigenvalue weighted by Gasteiger charge is -2.01. The van der Waals surface area contributed by atoms with E-state index in [2.05, 4.69) is 15.3 Å². The summed E-state index contributed by atoms with van der Waals surface area (Å²) in [5.41, 5.74) is 2.08. The van der Waals surface area contributed by atoms with E-state index in [0.717, 1.165) is 5.69 Å². The average molecular weight is 285 g/mol. The molecule has 6 heteroatoms. The maximum Gasteiger partial charge on any atom is 0.259 e. The molecule has 3 rings (SSSR count). The first-order valence-corrected chi connectivity index (χ1v) is 6.84. The summed E-state index contributed by atoms with van der Waals surface area (Å²) in [7, 11) is 0. The van der Waals surface area contributed by atoms with E-state index in [1.165, 1.54) is 11.3 Å². The van der Waals surface area contributed by atoms with E-state index in [9.17, 15) is 4.79 Å². The first kappa shape index (κ1) is 12.6. The van der Waals surface area contributed by atoms with Crippen LogP contribution in [0.1, 0.15) is 16.1 Å². The molecule has 0 unspecified atom stereocenters. The fraction of sp³-hybridized carbons (Fsp3) is 0.0714. The smallest absolute Gasteiger partial charge is 0.259 e. The molecule has 3 heterocycles. The second-order valence-electron chi connectivity index (χ2n) is 4.16. The summed E-state index contributed by atoms with van der Waals surface area (Å²) in [4.78, 5) is 20.4. The van der Waals surface area contributed by atoms with Gasteiger partial charge in [-0.15, -0.1) is 11.3 Å². The van der Waals surface area contributed by atoms with Crippen molar-refractivity contribution in [3.05, 3.63) is 53.4 Å². The zero-order valence-corrected chi connectivity index (χ0v) is 11.5. The van der Waals surface area contributed by atoms with Crippen LogP contribution in [0.15, 0.2) is 46.5 Å². The van der Waals surface area contributed by atoms with E-state index in [1.54, 1.807) is 30.7 Å². The van der Waals surface area contributed by atoms with Gasteiger partial charge in [0.05, 0.1) is 11.8 Å². The molecule has 0 aliphatic heterocycles. The fourth-order valence-electron chi connectivity index (χ4n) is 1.64. The van der Waals surface area contributed by atoms with Crippen LogP contribution < -0.4 is 5.32 Å². The Kier molecular flexibility index (Phi) is 3.30. The minimum Gasteiger partial charge on any atom is -0.463 e. The van der Waals surface area contributed by atoms with Gasteiger partial charge in [0.2, 0.25) is 0 Å². The Morgan fingerprint density at radius 2 is 2.25 bits per heavy atom. The monoisotopic (exact) mass is 285 g/mol. The molecule has 0 atom stereocenters. The second kappa shape index (κ2) is 5.26. The Morgan fingerprint density at radius 1 is 1.35 bits per heavy atom. The van der Waals surface area contributed by atoms with Crippen molar-refractivity contribution in [1.82, 2.24) is 9.97 Å². The first-order valence-electron chi connectivity index (χ1n) is 5.96. The van der Waals surface area contributed by atoms with Gasteiger partial charge in [-0.2, -0.15) is 0 Å². The molecule has 0 aliphatic carbocycles. The molecule has 1 N–H and O–H groups in total. The zero-order chi connectivity index (χ0) is 13.9. The molecule has 0 aromatic carbocycles. The van der Waals surface area contributed by atoms with Gasteiger partial charge in [-0.05, 0) is 31.2 Å². The molecule has 0 saturated heterocycles. The van der Waals surface area contributed by atoms with Crippen LogP contribution in [0.4, 0.5) is 5.13 Å². The third-order valence-electron chi connectivity index (χ3n) is 2.67. The van der Waals surface area contributed by atoms with Crippen molar-refractivity contribution in [1.29, 1.82) is 0 Å². The van der Waals surface area contributed by atoms with E-state index in [-0.39, 0.29) is 5.91 Å². The van der Waals surface area contributed by atoms with Crippen molar-refractivity contribution in [2.45, 2.75) is 6.92 Å². The van der Waals surface area contributed by atoms with Crippen LogP contribution in [0, 0.1) is 6.92 Å². The minimum absolute atomic E-state index is 0.224. The van der Waals surface area contributed by atoms with E-state index in [4.69, 9.17) is 4.42 Å². The number of hydrogen-bond acceptors (Lipinski definition) is 5. The van der Waals surface area contributed by atoms with Crippen molar-refractivity contribution in [3.63, 3.8) is 0 Å². The highest BCUT2D eigenvalue weighted by Gasteiger charge is 2.11. The van der Waals surface area contributed by atoms with Crippen molar-refractivity contribution in [2.75, 3.05) is 5.32 Å². The predicted octanol–water partition coefficient (Wildman–Crippen LogP) is 3.36. The highest BCUT2D eigenvalue weighted by molar-refractivity contribution is 7.14. The Hall–Kier alpha value is -2.47. The Labute approximate surface area is 119 Å². The number of nitrogens with one attached hydrogen (secondary N) is 1. The lowest BCUT2D eigenvalue weighted by molar-refractivity contribution is 0.102. The number of thiazole rings is 1. The first-order chi connectivity index (χ1) is 9.72. The van der Waals surface area contributed by atoms with Gasteiger partial charge in [-0.25, -0.2) is 4.98 Å². The number of nitrogens with zero attached hydrogens (tertiary/aromatic N) is 2. The van der Waals surface area contributed by atoms with Crippen molar-refractivity contribution in [3.8, 4) is 11.5 Å². The molecule has 3 aromatic heterocycles. The molecule has 0 bridgehead atoms. The summed E-state index contributed by atoms with van der Waals surface area (Å²) in [6.07, 6.45) is 3.14. The molecular weight excluding hydrogens is 274 g/mol. The van der Waals surface area contributed by atoms with Crippen molar-refractivity contribution in [2.24, 2.45) is 0 Å². The summed E-state index contributed by atoms with van der Waals surface area (Å²) >= 11 is 1.35. The van der Waals surface area contributed by atoms with Crippen LogP contribution in [-0.2, 0) is 0 Å². The van der Waals surface area contributed by atoms with Gasteiger partial charge in [0.25, 0.3) is 5.91 Å². The third kappa shape index (κ3) is 2.60. The number of pyridine rings is 1. The lowest BCUT2D eigenvalue weighted by Crippen LogP contribution is -2.12. The highest BCUT2D eigenvalue weighted by atomic mass is 32.1. The molecule has 20 heavy (non-hydrogen) atoms. The minimum atomic E-state index is -0.224. The Balaban J connectivity index is 1.75. The third-order valence-corrected chi connectivity index (χ3v) is 3.43. The van der Waals surface area contributed by atoms with Crippen LogP contribution in [0.5, 0.6) is 0 Å². The van der Waals surface area contributed by atoms with Gasteiger partial charge < -0.3 is 4.42 Å². The second-order valence-corrected chi connectivity index (χ2v) is 5.02. The van der Waals surface area contributed by atoms with Crippen LogP contribution in [-0.4, -0.2) is 15.9 Å². The quantitative estimate of drug-likeness (QED) is 0.801. The largest absolute Gasteiger partial charge is 0.463 e. The number of amides is 1. The average Bonchev–Trinajstić information content (AvgIpc) is 3.09. The number of aryl methyl sites for hydroxylation is 1. The standard InChI is InChI=1S/C14H11N3O2S/c1-9-4-5-10(7-15-9)13(18)17-14-16-11(8-20-14)12-3-2-6-19-12/h2-8H,1H3,(H,16,17,18). The van der Waals surface area contributed by atoms with Crippen LogP contribution in [0.3, 0.4) is 0 Å². The normalized spacial score (nSPS) is 10.4. The summed E-state index contributed by atoms with van der Waals surface area (Å²) < 4.78 is 5.26. The molecule has 0 aliphatic rings. The van der Waals surface area contributed by atoms with Gasteiger partial charge >= 0.3 is 0 Å². The van der Waals surface area contributed by atoms with Crippen LogP contribution >= 0.6 is 11.3 Å². The SMILES string of the molecule is Cc1ccc(C(=O)Nc2nc(-c3ccco3)cs2)cn1. The van der Waals surface area contributed by atoms with Crippen molar-refractivity contribution >= 4 is 22.4 Å². The van der Waals surface area contributed by atoms with Gasteiger partial charge in [-0.1, -0.05) is 0 Å². The number of carbonyl (C=O) groups excluding carboxylic acids is 1. The molecule has 1 amide bonds. The molecule has 5 nitrogen and oxygen atoms in total. The summed E-state index contributed by atoms with van der Waals surface area (Å²) in [6.45, 7) is 1.87. The summed E-state index contributed by atoms with van der Waals surface area (Å²) in [5, 5.41) is 5.11. The number of furan rings is 1. The highest BCUT2D eigenvalue weighted by Crippen LogP contribution is 2.25. The van der Waals surface area contributed by atoms with E-state index in [0.29, 0.717) is 22.1 Å². The number of aromatic nitrogens is 2. The molecule has 0 spiro atoms.